The first-order valence-corrected chi connectivity index (χ1v) is 25.1. The Morgan fingerprint density at radius 2 is 0.953 bits per heavy atom. The Morgan fingerprint density at radius 3 is 1.47 bits per heavy atom. The number of sulfonamides is 2. The standard InChI is InChI=1S/C23H16Cl3NO2S2.C23H14Cl2F3NO2S2/c1-14-6-9-22(19(24)10-14)31(28,29)27-17-12-20(25)23(21(26)13-17)30-18-8-7-15-4-2-3-5-16(15)11-18;24-19-13-17(29-33(30,31)22-10-6-16(12-20(22)25)23(26,27)28)7-9-21(19)32-18-8-5-14-3-1-2-4-15(14)11-18/h2-13,27H,1H3;1-13,29H. The number of hydrogen-bond donors (Lipinski definition) is 2. The minimum Gasteiger partial charge on any atom is -0.280 e. The van der Waals surface area contributed by atoms with Crippen LogP contribution in [-0.2, 0) is 26.2 Å². The lowest BCUT2D eigenvalue weighted by molar-refractivity contribution is -0.137. The van der Waals surface area contributed by atoms with Crippen molar-refractivity contribution in [3.05, 3.63) is 188 Å². The SMILES string of the molecule is Cc1ccc(S(=O)(=O)Nc2cc(Cl)c(Sc3ccc4ccccc4c3)c(Cl)c2)c(Cl)c1.O=S(=O)(Nc1ccc(Sc2ccc3ccccc3c2)c(Cl)c1)c1ccc(C(F)(F)F)cc1Cl. The molecule has 8 rings (SSSR count). The molecular formula is C46H30Cl5F3N2O4S4. The molecular weight excluding hydrogens is 1010 g/mol. The Labute approximate surface area is 401 Å². The van der Waals surface area contributed by atoms with Gasteiger partial charge in [-0.1, -0.05) is 148 Å². The zero-order valence-electron chi connectivity index (χ0n) is 32.7. The minimum atomic E-state index is -4.63. The van der Waals surface area contributed by atoms with Crippen molar-refractivity contribution in [1.82, 2.24) is 0 Å². The van der Waals surface area contributed by atoms with Crippen molar-refractivity contribution in [2.24, 2.45) is 0 Å². The summed E-state index contributed by atoms with van der Waals surface area (Å²) in [6, 6.07) is 42.6. The second-order valence-electron chi connectivity index (χ2n) is 13.9. The Morgan fingerprint density at radius 1 is 0.469 bits per heavy atom. The average molecular weight is 1040 g/mol. The van der Waals surface area contributed by atoms with Crippen LogP contribution in [0.2, 0.25) is 25.1 Å². The topological polar surface area (TPSA) is 92.3 Å². The Kier molecular flexibility index (Phi) is 14.7. The first-order valence-electron chi connectivity index (χ1n) is 18.6. The first kappa shape index (κ1) is 47.7. The quantitative estimate of drug-likeness (QED) is 0.142. The third-order valence-corrected chi connectivity index (χ3v) is 16.4. The number of halogens is 8. The third-order valence-electron chi connectivity index (χ3n) is 9.25. The van der Waals surface area contributed by atoms with Crippen LogP contribution in [0, 0.1) is 6.92 Å². The van der Waals surface area contributed by atoms with E-state index >= 15 is 0 Å². The molecule has 18 heteroatoms. The molecule has 0 saturated heterocycles. The molecule has 0 aromatic heterocycles. The molecule has 0 heterocycles. The highest BCUT2D eigenvalue weighted by Gasteiger charge is 2.32. The molecule has 0 atom stereocenters. The van der Waals surface area contributed by atoms with Crippen molar-refractivity contribution in [2.45, 2.75) is 42.5 Å². The molecule has 0 radical (unpaired) electrons. The molecule has 6 nitrogen and oxygen atoms in total. The number of benzene rings is 8. The Hall–Kier alpha value is -4.28. The van der Waals surface area contributed by atoms with Crippen LogP contribution >= 0.6 is 81.5 Å². The maximum atomic E-state index is 12.8. The molecule has 328 valence electrons. The van der Waals surface area contributed by atoms with Gasteiger partial charge < -0.3 is 0 Å². The smallest absolute Gasteiger partial charge is 0.280 e. The predicted molar refractivity (Wildman–Crippen MR) is 258 cm³/mol. The van der Waals surface area contributed by atoms with Crippen LogP contribution in [0.5, 0.6) is 0 Å². The summed E-state index contributed by atoms with van der Waals surface area (Å²) in [6.07, 6.45) is -4.63. The van der Waals surface area contributed by atoms with Crippen LogP contribution < -0.4 is 9.44 Å². The number of alkyl halides is 3. The number of aryl methyl sites for hydroxylation is 1. The number of anilines is 2. The molecule has 0 saturated carbocycles. The van der Waals surface area contributed by atoms with Gasteiger partial charge in [0, 0.05) is 19.6 Å². The summed E-state index contributed by atoms with van der Waals surface area (Å²) in [5.74, 6) is 0. The molecule has 0 aliphatic heterocycles. The molecule has 8 aromatic carbocycles. The summed E-state index contributed by atoms with van der Waals surface area (Å²) < 4.78 is 94.1. The number of hydrogen-bond acceptors (Lipinski definition) is 6. The Balaban J connectivity index is 0.000000192. The normalized spacial score (nSPS) is 11.9. The molecule has 8 aromatic rings. The largest absolute Gasteiger partial charge is 0.416 e. The van der Waals surface area contributed by atoms with Gasteiger partial charge in [-0.3, -0.25) is 9.44 Å². The van der Waals surface area contributed by atoms with Crippen molar-refractivity contribution in [2.75, 3.05) is 9.44 Å². The summed E-state index contributed by atoms with van der Waals surface area (Å²) in [6.45, 7) is 1.83. The average Bonchev–Trinajstić information content (AvgIpc) is 3.22. The van der Waals surface area contributed by atoms with Gasteiger partial charge >= 0.3 is 6.18 Å². The van der Waals surface area contributed by atoms with E-state index < -0.39 is 41.7 Å². The number of rotatable bonds is 10. The van der Waals surface area contributed by atoms with E-state index in [2.05, 4.69) is 15.5 Å². The van der Waals surface area contributed by atoms with Crippen LogP contribution in [-0.4, -0.2) is 16.8 Å². The van der Waals surface area contributed by atoms with E-state index in [0.29, 0.717) is 37.0 Å². The van der Waals surface area contributed by atoms with Crippen molar-refractivity contribution >= 4 is 134 Å². The molecule has 0 aliphatic carbocycles. The van der Waals surface area contributed by atoms with Gasteiger partial charge in [0.2, 0.25) is 0 Å². The minimum absolute atomic E-state index is 0.0124. The van der Waals surface area contributed by atoms with E-state index in [1.165, 1.54) is 53.9 Å². The maximum Gasteiger partial charge on any atom is 0.416 e. The van der Waals surface area contributed by atoms with Gasteiger partial charge in [-0.15, -0.1) is 0 Å². The van der Waals surface area contributed by atoms with Crippen LogP contribution in [0.1, 0.15) is 11.1 Å². The van der Waals surface area contributed by atoms with Gasteiger partial charge in [0.1, 0.15) is 9.79 Å². The Bertz CT molecular complexity index is 3280. The second-order valence-corrected chi connectivity index (χ2v) is 21.5. The lowest BCUT2D eigenvalue weighted by Crippen LogP contribution is -2.14. The summed E-state index contributed by atoms with van der Waals surface area (Å²) in [5, 5.41) is 5.06. The van der Waals surface area contributed by atoms with Gasteiger partial charge in [-0.2, -0.15) is 13.2 Å². The van der Waals surface area contributed by atoms with Crippen molar-refractivity contribution in [1.29, 1.82) is 0 Å². The van der Waals surface area contributed by atoms with Gasteiger partial charge in [-0.05, 0) is 119 Å². The van der Waals surface area contributed by atoms with Crippen LogP contribution in [0.3, 0.4) is 0 Å². The molecule has 0 aliphatic rings. The predicted octanol–water partition coefficient (Wildman–Crippen LogP) is 16.2. The molecule has 64 heavy (non-hydrogen) atoms. The summed E-state index contributed by atoms with van der Waals surface area (Å²) in [5.41, 5.74) is 0.239. The number of nitrogens with one attached hydrogen (secondary N) is 2. The van der Waals surface area contributed by atoms with Crippen molar-refractivity contribution in [3.8, 4) is 0 Å². The second kappa shape index (κ2) is 19.7. The molecule has 0 spiro atoms. The zero-order valence-corrected chi connectivity index (χ0v) is 39.8. The molecule has 0 amide bonds. The fourth-order valence-electron chi connectivity index (χ4n) is 6.21. The molecule has 0 unspecified atom stereocenters. The molecule has 2 N–H and O–H groups in total. The highest BCUT2D eigenvalue weighted by atomic mass is 35.5. The van der Waals surface area contributed by atoms with E-state index in [1.807, 2.05) is 85.8 Å². The molecule has 0 fully saturated rings. The van der Waals surface area contributed by atoms with Gasteiger partial charge in [0.15, 0.2) is 0 Å². The van der Waals surface area contributed by atoms with Gasteiger partial charge in [0.25, 0.3) is 20.0 Å². The summed E-state index contributed by atoms with van der Waals surface area (Å²) >= 11 is 34.1. The van der Waals surface area contributed by atoms with E-state index in [1.54, 1.807) is 18.2 Å². The van der Waals surface area contributed by atoms with E-state index in [4.69, 9.17) is 58.0 Å². The lowest BCUT2D eigenvalue weighted by Gasteiger charge is -2.13. The summed E-state index contributed by atoms with van der Waals surface area (Å²) in [4.78, 5) is 2.81. The van der Waals surface area contributed by atoms with Crippen LogP contribution in [0.4, 0.5) is 24.5 Å². The first-order chi connectivity index (χ1) is 30.3. The van der Waals surface area contributed by atoms with Crippen molar-refractivity contribution in [3.63, 3.8) is 0 Å². The monoisotopic (exact) mass is 1030 g/mol. The highest BCUT2D eigenvalue weighted by Crippen LogP contribution is 2.42. The van der Waals surface area contributed by atoms with E-state index in [-0.39, 0.29) is 21.3 Å². The molecule has 0 bridgehead atoms. The van der Waals surface area contributed by atoms with Gasteiger partial charge in [0.05, 0.1) is 42.1 Å². The van der Waals surface area contributed by atoms with Crippen molar-refractivity contribution < 1.29 is 30.0 Å². The van der Waals surface area contributed by atoms with E-state index in [9.17, 15) is 30.0 Å². The van der Waals surface area contributed by atoms with E-state index in [0.717, 1.165) is 43.0 Å². The fraction of sp³-hybridized carbons (Fsp3) is 0.0435. The highest BCUT2D eigenvalue weighted by molar-refractivity contribution is 7.99. The van der Waals surface area contributed by atoms with Gasteiger partial charge in [-0.25, -0.2) is 16.8 Å². The third kappa shape index (κ3) is 11.6. The number of fused-ring (bicyclic) bond motifs is 2. The summed E-state index contributed by atoms with van der Waals surface area (Å²) in [7, 11) is -8.13. The lowest BCUT2D eigenvalue weighted by atomic mass is 10.1. The van der Waals surface area contributed by atoms with Crippen LogP contribution in [0.15, 0.2) is 181 Å². The fourth-order valence-corrected chi connectivity index (χ4v) is 12.2. The zero-order chi connectivity index (χ0) is 46.0. The maximum absolute atomic E-state index is 12.8. The van der Waals surface area contributed by atoms with Crippen LogP contribution in [0.25, 0.3) is 21.5 Å².